The van der Waals surface area contributed by atoms with Gasteiger partial charge in [-0.05, 0) is 38.1 Å². The third-order valence-corrected chi connectivity index (χ3v) is 3.31. The summed E-state index contributed by atoms with van der Waals surface area (Å²) in [4.78, 5) is 4.45. The molecule has 0 aliphatic carbocycles. The van der Waals surface area contributed by atoms with Crippen molar-refractivity contribution in [3.05, 3.63) is 52.3 Å². The second kappa shape index (κ2) is 5.93. The number of nitrogens with zero attached hydrogens (tertiary/aromatic N) is 1. The number of rotatable bonds is 4. The lowest BCUT2D eigenvalue weighted by Gasteiger charge is -2.13. The van der Waals surface area contributed by atoms with E-state index in [1.54, 1.807) is 7.11 Å². The fraction of sp³-hybridized carbons (Fsp3) is 0.267. The molecule has 0 radical (unpaired) electrons. The Kier molecular flexibility index (Phi) is 4.27. The van der Waals surface area contributed by atoms with Gasteiger partial charge in [-0.1, -0.05) is 11.6 Å². The van der Waals surface area contributed by atoms with E-state index in [1.165, 1.54) is 0 Å². The number of hydrogen-bond donors (Lipinski definition) is 1. The van der Waals surface area contributed by atoms with Gasteiger partial charge in [0.15, 0.2) is 0 Å². The molecule has 0 saturated carbocycles. The van der Waals surface area contributed by atoms with Crippen LogP contribution in [0.1, 0.15) is 16.8 Å². The average Bonchev–Trinajstić information content (AvgIpc) is 2.40. The van der Waals surface area contributed by atoms with Crippen LogP contribution in [0.5, 0.6) is 5.75 Å². The molecule has 19 heavy (non-hydrogen) atoms. The first-order chi connectivity index (χ1) is 9.11. The summed E-state index contributed by atoms with van der Waals surface area (Å²) in [5, 5.41) is 4.06. The molecular weight excluding hydrogens is 260 g/mol. The number of hydrogen-bond acceptors (Lipinski definition) is 3. The number of aryl methyl sites for hydroxylation is 1. The van der Waals surface area contributed by atoms with Crippen molar-refractivity contribution < 1.29 is 4.74 Å². The van der Waals surface area contributed by atoms with Crippen molar-refractivity contribution in [2.45, 2.75) is 20.4 Å². The Morgan fingerprint density at radius 3 is 2.53 bits per heavy atom. The second-order valence-electron chi connectivity index (χ2n) is 4.41. The first-order valence-corrected chi connectivity index (χ1v) is 6.48. The number of anilines is 1. The molecule has 100 valence electrons. The lowest BCUT2D eigenvalue weighted by molar-refractivity contribution is 0.407. The second-order valence-corrected chi connectivity index (χ2v) is 4.84. The highest BCUT2D eigenvalue weighted by atomic mass is 35.5. The standard InChI is InChI=1S/C15H17ClN2O/c1-10-8-18-14(11(2)15(10)19-3)9-17-13-6-4-12(16)5-7-13/h4-8,17H,9H2,1-3H3. The molecule has 4 heteroatoms. The van der Waals surface area contributed by atoms with E-state index in [2.05, 4.69) is 10.3 Å². The number of methoxy groups -OCH3 is 1. The molecule has 0 spiro atoms. The van der Waals surface area contributed by atoms with Crippen LogP contribution in [-0.2, 0) is 6.54 Å². The fourth-order valence-electron chi connectivity index (χ4n) is 2.00. The van der Waals surface area contributed by atoms with Crippen LogP contribution in [0.3, 0.4) is 0 Å². The first-order valence-electron chi connectivity index (χ1n) is 6.10. The van der Waals surface area contributed by atoms with Gasteiger partial charge in [0.1, 0.15) is 5.75 Å². The molecule has 3 nitrogen and oxygen atoms in total. The molecule has 0 fully saturated rings. The van der Waals surface area contributed by atoms with E-state index in [0.717, 1.165) is 33.3 Å². The summed E-state index contributed by atoms with van der Waals surface area (Å²) in [6, 6.07) is 7.62. The van der Waals surface area contributed by atoms with Gasteiger partial charge in [-0.3, -0.25) is 4.98 Å². The number of pyridine rings is 1. The minimum absolute atomic E-state index is 0.657. The smallest absolute Gasteiger partial charge is 0.128 e. The highest BCUT2D eigenvalue weighted by molar-refractivity contribution is 6.30. The molecule has 1 aromatic carbocycles. The van der Waals surface area contributed by atoms with Crippen molar-refractivity contribution in [1.82, 2.24) is 4.98 Å². The highest BCUT2D eigenvalue weighted by Crippen LogP contribution is 2.24. The van der Waals surface area contributed by atoms with E-state index in [-0.39, 0.29) is 0 Å². The van der Waals surface area contributed by atoms with Gasteiger partial charge in [0.25, 0.3) is 0 Å². The van der Waals surface area contributed by atoms with Crippen molar-refractivity contribution in [3.63, 3.8) is 0 Å². The van der Waals surface area contributed by atoms with Gasteiger partial charge in [0, 0.05) is 28.0 Å². The van der Waals surface area contributed by atoms with Crippen LogP contribution >= 0.6 is 11.6 Å². The maximum absolute atomic E-state index is 5.85. The van der Waals surface area contributed by atoms with Crippen molar-refractivity contribution in [2.75, 3.05) is 12.4 Å². The summed E-state index contributed by atoms with van der Waals surface area (Å²) in [5.74, 6) is 0.905. The van der Waals surface area contributed by atoms with E-state index >= 15 is 0 Å². The molecule has 0 amide bonds. The van der Waals surface area contributed by atoms with Crippen LogP contribution in [0.2, 0.25) is 5.02 Å². The van der Waals surface area contributed by atoms with Gasteiger partial charge in [0.2, 0.25) is 0 Å². The lowest BCUT2D eigenvalue weighted by Crippen LogP contribution is -2.06. The summed E-state index contributed by atoms with van der Waals surface area (Å²) in [5.41, 5.74) is 4.13. The molecule has 0 saturated heterocycles. The molecule has 0 atom stereocenters. The molecule has 1 heterocycles. The topological polar surface area (TPSA) is 34.1 Å². The molecule has 0 bridgehead atoms. The summed E-state index contributed by atoms with van der Waals surface area (Å²) >= 11 is 5.85. The van der Waals surface area contributed by atoms with E-state index in [9.17, 15) is 0 Å². The molecule has 0 aliphatic heterocycles. The Morgan fingerprint density at radius 2 is 1.89 bits per heavy atom. The van der Waals surface area contributed by atoms with Crippen molar-refractivity contribution in [3.8, 4) is 5.75 Å². The van der Waals surface area contributed by atoms with Gasteiger partial charge in [-0.25, -0.2) is 0 Å². The molecule has 1 aromatic heterocycles. The number of benzene rings is 1. The van der Waals surface area contributed by atoms with Crippen LogP contribution in [-0.4, -0.2) is 12.1 Å². The zero-order valence-electron chi connectivity index (χ0n) is 11.3. The predicted molar refractivity (Wildman–Crippen MR) is 79.0 cm³/mol. The Bertz CT molecular complexity index is 567. The van der Waals surface area contributed by atoms with Crippen LogP contribution in [0.25, 0.3) is 0 Å². The van der Waals surface area contributed by atoms with Crippen LogP contribution in [0.4, 0.5) is 5.69 Å². The first kappa shape index (κ1) is 13.7. The van der Waals surface area contributed by atoms with Gasteiger partial charge in [0.05, 0.1) is 19.3 Å². The van der Waals surface area contributed by atoms with Crippen molar-refractivity contribution >= 4 is 17.3 Å². The fourth-order valence-corrected chi connectivity index (χ4v) is 2.13. The van der Waals surface area contributed by atoms with Gasteiger partial charge in [-0.15, -0.1) is 0 Å². The molecule has 2 aromatic rings. The van der Waals surface area contributed by atoms with E-state index in [1.807, 2.05) is 44.3 Å². The zero-order valence-corrected chi connectivity index (χ0v) is 12.1. The minimum atomic E-state index is 0.657. The monoisotopic (exact) mass is 276 g/mol. The maximum Gasteiger partial charge on any atom is 0.128 e. The van der Waals surface area contributed by atoms with E-state index in [4.69, 9.17) is 16.3 Å². The minimum Gasteiger partial charge on any atom is -0.496 e. The molecule has 0 unspecified atom stereocenters. The number of nitrogens with one attached hydrogen (secondary N) is 1. The summed E-state index contributed by atoms with van der Waals surface area (Å²) in [6.07, 6.45) is 1.84. The molecule has 0 aliphatic rings. The quantitative estimate of drug-likeness (QED) is 0.917. The molecule has 1 N–H and O–H groups in total. The normalized spacial score (nSPS) is 10.3. The Labute approximate surface area is 118 Å². The maximum atomic E-state index is 5.85. The Balaban J connectivity index is 2.13. The van der Waals surface area contributed by atoms with Crippen molar-refractivity contribution in [2.24, 2.45) is 0 Å². The van der Waals surface area contributed by atoms with E-state index < -0.39 is 0 Å². The number of ether oxygens (including phenoxy) is 1. The lowest BCUT2D eigenvalue weighted by atomic mass is 10.1. The Morgan fingerprint density at radius 1 is 1.21 bits per heavy atom. The number of aromatic nitrogens is 1. The SMILES string of the molecule is COc1c(C)cnc(CNc2ccc(Cl)cc2)c1C. The third-order valence-electron chi connectivity index (χ3n) is 3.05. The molecule has 2 rings (SSSR count). The third kappa shape index (κ3) is 3.18. The average molecular weight is 277 g/mol. The highest BCUT2D eigenvalue weighted by Gasteiger charge is 2.08. The summed E-state index contributed by atoms with van der Waals surface area (Å²) in [7, 11) is 1.69. The van der Waals surface area contributed by atoms with E-state index in [0.29, 0.717) is 6.54 Å². The largest absolute Gasteiger partial charge is 0.496 e. The Hall–Kier alpha value is -1.74. The van der Waals surface area contributed by atoms with Crippen LogP contribution in [0.15, 0.2) is 30.5 Å². The summed E-state index contributed by atoms with van der Waals surface area (Å²) < 4.78 is 5.40. The van der Waals surface area contributed by atoms with Crippen LogP contribution in [0, 0.1) is 13.8 Å². The summed E-state index contributed by atoms with van der Waals surface area (Å²) in [6.45, 7) is 4.68. The molecular formula is C15H17ClN2O. The predicted octanol–water partition coefficient (Wildman–Crippen LogP) is 3.97. The number of halogens is 1. The van der Waals surface area contributed by atoms with Gasteiger partial charge >= 0.3 is 0 Å². The zero-order chi connectivity index (χ0) is 13.8. The van der Waals surface area contributed by atoms with Gasteiger partial charge < -0.3 is 10.1 Å². The van der Waals surface area contributed by atoms with Gasteiger partial charge in [-0.2, -0.15) is 0 Å². The van der Waals surface area contributed by atoms with Crippen molar-refractivity contribution in [1.29, 1.82) is 0 Å². The van der Waals surface area contributed by atoms with Crippen LogP contribution < -0.4 is 10.1 Å².